The van der Waals surface area contributed by atoms with Crippen molar-refractivity contribution in [3.63, 3.8) is 0 Å². The molecule has 1 aliphatic rings. The first-order valence-electron chi connectivity index (χ1n) is 8.02. The minimum Gasteiger partial charge on any atom is -0.497 e. The van der Waals surface area contributed by atoms with Crippen LogP contribution in [-0.4, -0.2) is 25.5 Å². The second-order valence-electron chi connectivity index (χ2n) is 5.98. The molecule has 1 unspecified atom stereocenters. The van der Waals surface area contributed by atoms with Gasteiger partial charge in [-0.15, -0.1) is 0 Å². The number of nitrogens with one attached hydrogen (secondary N) is 1. The summed E-state index contributed by atoms with van der Waals surface area (Å²) in [4.78, 5) is 26.9. The number of methoxy groups -OCH3 is 1. The van der Waals surface area contributed by atoms with E-state index >= 15 is 0 Å². The molecule has 2 amide bonds. The number of nitrogens with zero attached hydrogens (tertiary/aromatic N) is 1. The second-order valence-corrected chi connectivity index (χ2v) is 6.90. The van der Waals surface area contributed by atoms with Crippen molar-refractivity contribution in [3.05, 3.63) is 52.5 Å². The molecule has 1 aliphatic heterocycles. The topological polar surface area (TPSA) is 58.6 Å². The molecule has 0 spiro atoms. The molecule has 1 atom stereocenters. The summed E-state index contributed by atoms with van der Waals surface area (Å²) in [5.41, 5.74) is 2.50. The first-order chi connectivity index (χ1) is 12.0. The Morgan fingerprint density at radius 3 is 2.60 bits per heavy atom. The largest absolute Gasteiger partial charge is 0.497 e. The second kappa shape index (κ2) is 7.27. The zero-order valence-electron chi connectivity index (χ0n) is 14.1. The van der Waals surface area contributed by atoms with Crippen LogP contribution in [0.3, 0.4) is 0 Å². The average Bonchev–Trinajstić information content (AvgIpc) is 2.97. The summed E-state index contributed by atoms with van der Waals surface area (Å²) in [6, 6.07) is 12.8. The van der Waals surface area contributed by atoms with Crippen molar-refractivity contribution < 1.29 is 14.3 Å². The fourth-order valence-corrected chi connectivity index (χ4v) is 3.46. The van der Waals surface area contributed by atoms with Gasteiger partial charge >= 0.3 is 0 Å². The summed E-state index contributed by atoms with van der Waals surface area (Å²) < 4.78 is 6.06. The van der Waals surface area contributed by atoms with E-state index in [1.165, 1.54) is 0 Å². The molecule has 5 nitrogen and oxygen atoms in total. The van der Waals surface area contributed by atoms with Gasteiger partial charge in [-0.3, -0.25) is 9.59 Å². The Balaban J connectivity index is 1.71. The summed E-state index contributed by atoms with van der Waals surface area (Å²) in [5, 5.41) is 2.81. The number of hydrogen-bond donors (Lipinski definition) is 1. The summed E-state index contributed by atoms with van der Waals surface area (Å²) in [7, 11) is 1.59. The van der Waals surface area contributed by atoms with Gasteiger partial charge in [-0.25, -0.2) is 0 Å². The van der Waals surface area contributed by atoms with Gasteiger partial charge in [-0.05, 0) is 61.4 Å². The van der Waals surface area contributed by atoms with E-state index in [4.69, 9.17) is 4.74 Å². The standard InChI is InChI=1S/C19H19BrN2O3/c1-12-11-13(20)3-8-17(12)22-10-9-16(19(22)24)18(23)21-14-4-6-15(25-2)7-5-14/h3-8,11,16H,9-10H2,1-2H3,(H,21,23). The molecule has 1 N–H and O–H groups in total. The van der Waals surface area contributed by atoms with Crippen LogP contribution < -0.4 is 15.0 Å². The van der Waals surface area contributed by atoms with Crippen molar-refractivity contribution >= 4 is 39.1 Å². The number of ether oxygens (including phenoxy) is 1. The number of carbonyl (C=O) groups excluding carboxylic acids is 2. The summed E-state index contributed by atoms with van der Waals surface area (Å²) in [5.74, 6) is -0.374. The smallest absolute Gasteiger partial charge is 0.239 e. The van der Waals surface area contributed by atoms with Crippen molar-refractivity contribution in [2.24, 2.45) is 5.92 Å². The SMILES string of the molecule is COc1ccc(NC(=O)C2CCN(c3ccc(Br)cc3C)C2=O)cc1. The number of aryl methyl sites for hydroxylation is 1. The van der Waals surface area contributed by atoms with Crippen LogP contribution in [0, 0.1) is 12.8 Å². The fourth-order valence-electron chi connectivity index (χ4n) is 2.99. The Morgan fingerprint density at radius 2 is 1.96 bits per heavy atom. The molecule has 3 rings (SSSR count). The summed E-state index contributed by atoms with van der Waals surface area (Å²) in [6.07, 6.45) is 0.510. The Bertz CT molecular complexity index is 805. The van der Waals surface area contributed by atoms with Gasteiger partial charge in [0, 0.05) is 22.4 Å². The van der Waals surface area contributed by atoms with Crippen LogP contribution in [0.1, 0.15) is 12.0 Å². The maximum Gasteiger partial charge on any atom is 0.239 e. The van der Waals surface area contributed by atoms with Gasteiger partial charge in [0.1, 0.15) is 11.7 Å². The molecule has 1 saturated heterocycles. The molecule has 0 radical (unpaired) electrons. The fraction of sp³-hybridized carbons (Fsp3) is 0.263. The van der Waals surface area contributed by atoms with E-state index in [0.717, 1.165) is 15.7 Å². The lowest BCUT2D eigenvalue weighted by atomic mass is 10.1. The molecule has 0 aromatic heterocycles. The quantitative estimate of drug-likeness (QED) is 0.791. The minimum atomic E-state index is -0.662. The highest BCUT2D eigenvalue weighted by atomic mass is 79.9. The molecule has 0 saturated carbocycles. The third kappa shape index (κ3) is 3.69. The molecule has 6 heteroatoms. The monoisotopic (exact) mass is 402 g/mol. The Kier molecular flexibility index (Phi) is 5.08. The lowest BCUT2D eigenvalue weighted by Crippen LogP contribution is -2.33. The van der Waals surface area contributed by atoms with Crippen LogP contribution in [0.4, 0.5) is 11.4 Å². The maximum absolute atomic E-state index is 12.7. The predicted octanol–water partition coefficient (Wildman–Crippen LogP) is 3.76. The molecular weight excluding hydrogens is 384 g/mol. The third-order valence-corrected chi connectivity index (χ3v) is 4.82. The van der Waals surface area contributed by atoms with E-state index in [2.05, 4.69) is 21.2 Å². The first-order valence-corrected chi connectivity index (χ1v) is 8.81. The highest BCUT2D eigenvalue weighted by molar-refractivity contribution is 9.10. The molecule has 1 heterocycles. The van der Waals surface area contributed by atoms with Gasteiger partial charge in [0.15, 0.2) is 0 Å². The van der Waals surface area contributed by atoms with Gasteiger partial charge in [-0.1, -0.05) is 15.9 Å². The van der Waals surface area contributed by atoms with E-state index in [1.807, 2.05) is 25.1 Å². The summed E-state index contributed by atoms with van der Waals surface area (Å²) in [6.45, 7) is 2.50. The van der Waals surface area contributed by atoms with E-state index in [1.54, 1.807) is 36.3 Å². The van der Waals surface area contributed by atoms with Gasteiger partial charge in [-0.2, -0.15) is 0 Å². The van der Waals surface area contributed by atoms with Crippen molar-refractivity contribution in [3.8, 4) is 5.75 Å². The lowest BCUT2D eigenvalue weighted by Gasteiger charge is -2.19. The molecule has 1 fully saturated rings. The predicted molar refractivity (Wildman–Crippen MR) is 101 cm³/mol. The Morgan fingerprint density at radius 1 is 1.24 bits per heavy atom. The van der Waals surface area contributed by atoms with Crippen molar-refractivity contribution in [2.45, 2.75) is 13.3 Å². The molecule has 0 aliphatic carbocycles. The van der Waals surface area contributed by atoms with E-state index in [-0.39, 0.29) is 11.8 Å². The number of rotatable bonds is 4. The molecule has 2 aromatic rings. The lowest BCUT2D eigenvalue weighted by molar-refractivity contribution is -0.129. The van der Waals surface area contributed by atoms with Crippen LogP contribution in [0.5, 0.6) is 5.75 Å². The average molecular weight is 403 g/mol. The van der Waals surface area contributed by atoms with E-state index in [9.17, 15) is 9.59 Å². The van der Waals surface area contributed by atoms with Gasteiger partial charge in [0.25, 0.3) is 0 Å². The molecule has 2 aromatic carbocycles. The number of halogens is 1. The first kappa shape index (κ1) is 17.5. The third-order valence-electron chi connectivity index (χ3n) is 4.33. The number of carbonyl (C=O) groups is 2. The highest BCUT2D eigenvalue weighted by Gasteiger charge is 2.38. The van der Waals surface area contributed by atoms with Crippen LogP contribution >= 0.6 is 15.9 Å². The number of anilines is 2. The van der Waals surface area contributed by atoms with Crippen LogP contribution in [0.25, 0.3) is 0 Å². The highest BCUT2D eigenvalue weighted by Crippen LogP contribution is 2.30. The van der Waals surface area contributed by atoms with Crippen molar-refractivity contribution in [1.29, 1.82) is 0 Å². The van der Waals surface area contributed by atoms with E-state index in [0.29, 0.717) is 24.4 Å². The zero-order chi connectivity index (χ0) is 18.0. The van der Waals surface area contributed by atoms with Gasteiger partial charge < -0.3 is 15.0 Å². The van der Waals surface area contributed by atoms with Crippen LogP contribution in [0.15, 0.2) is 46.9 Å². The number of benzene rings is 2. The Hall–Kier alpha value is -2.34. The van der Waals surface area contributed by atoms with Gasteiger partial charge in [0.2, 0.25) is 11.8 Å². The molecular formula is C19H19BrN2O3. The maximum atomic E-state index is 12.7. The van der Waals surface area contributed by atoms with Crippen LogP contribution in [0.2, 0.25) is 0 Å². The number of amides is 2. The Labute approximate surface area is 155 Å². The molecule has 130 valence electrons. The van der Waals surface area contributed by atoms with Crippen molar-refractivity contribution in [2.75, 3.05) is 23.9 Å². The minimum absolute atomic E-state index is 0.156. The zero-order valence-corrected chi connectivity index (χ0v) is 15.7. The van der Waals surface area contributed by atoms with Crippen LogP contribution in [-0.2, 0) is 9.59 Å². The van der Waals surface area contributed by atoms with Crippen molar-refractivity contribution in [1.82, 2.24) is 0 Å². The normalized spacial score (nSPS) is 16.8. The summed E-state index contributed by atoms with van der Waals surface area (Å²) >= 11 is 3.43. The number of hydrogen-bond acceptors (Lipinski definition) is 3. The van der Waals surface area contributed by atoms with E-state index < -0.39 is 5.92 Å². The molecule has 25 heavy (non-hydrogen) atoms. The molecule has 0 bridgehead atoms. The van der Waals surface area contributed by atoms with Gasteiger partial charge in [0.05, 0.1) is 7.11 Å².